The summed E-state index contributed by atoms with van der Waals surface area (Å²) >= 11 is 12.7. The van der Waals surface area contributed by atoms with Crippen LogP contribution in [-0.4, -0.2) is 51.4 Å². The van der Waals surface area contributed by atoms with Crippen molar-refractivity contribution in [2.24, 2.45) is 0 Å². The molecular weight excluding hydrogens is 621 g/mol. The van der Waals surface area contributed by atoms with Gasteiger partial charge in [-0.15, -0.1) is 0 Å². The molecule has 0 unspecified atom stereocenters. The first-order valence-corrected chi connectivity index (χ1v) is 16.1. The average molecular weight is 655 g/mol. The summed E-state index contributed by atoms with van der Waals surface area (Å²) in [7, 11) is -2.74. The van der Waals surface area contributed by atoms with Gasteiger partial charge in [0, 0.05) is 29.6 Å². The van der Waals surface area contributed by atoms with Crippen molar-refractivity contribution in [3.63, 3.8) is 0 Å². The number of halogens is 2. The molecule has 0 spiro atoms. The van der Waals surface area contributed by atoms with Gasteiger partial charge in [0.15, 0.2) is 0 Å². The van der Waals surface area contributed by atoms with Crippen LogP contribution < -0.4 is 14.4 Å². The summed E-state index contributed by atoms with van der Waals surface area (Å²) in [6, 6.07) is 27.5. The Morgan fingerprint density at radius 1 is 0.886 bits per heavy atom. The highest BCUT2D eigenvalue weighted by Gasteiger charge is 2.34. The zero-order valence-electron chi connectivity index (χ0n) is 24.3. The van der Waals surface area contributed by atoms with E-state index >= 15 is 0 Å². The zero-order chi connectivity index (χ0) is 31.7. The summed E-state index contributed by atoms with van der Waals surface area (Å²) in [5, 5.41) is 3.57. The molecule has 1 N–H and O–H groups in total. The van der Waals surface area contributed by atoms with Crippen molar-refractivity contribution >= 4 is 50.7 Å². The van der Waals surface area contributed by atoms with Crippen LogP contribution in [0.25, 0.3) is 0 Å². The second-order valence-electron chi connectivity index (χ2n) is 9.88. The van der Waals surface area contributed by atoms with E-state index in [1.165, 1.54) is 36.3 Å². The molecule has 230 valence electrons. The number of benzene rings is 4. The van der Waals surface area contributed by atoms with Gasteiger partial charge >= 0.3 is 0 Å². The third-order valence-corrected chi connectivity index (χ3v) is 9.32. The number of anilines is 1. The van der Waals surface area contributed by atoms with Crippen LogP contribution in [0, 0.1) is 0 Å². The molecule has 0 aliphatic rings. The van der Waals surface area contributed by atoms with E-state index in [1.807, 2.05) is 30.3 Å². The number of likely N-dealkylation sites (N-methyl/N-ethyl adjacent to an activating group) is 1. The number of nitrogens with zero attached hydrogens (tertiary/aromatic N) is 2. The van der Waals surface area contributed by atoms with Crippen LogP contribution in [-0.2, 0) is 32.6 Å². The fourth-order valence-electron chi connectivity index (χ4n) is 4.68. The third-order valence-electron chi connectivity index (χ3n) is 6.95. The smallest absolute Gasteiger partial charge is 0.264 e. The molecule has 0 saturated carbocycles. The number of rotatable bonds is 13. The minimum Gasteiger partial charge on any atom is -0.497 e. The molecule has 2 amide bonds. The lowest BCUT2D eigenvalue weighted by atomic mass is 10.0. The van der Waals surface area contributed by atoms with Gasteiger partial charge in [-0.1, -0.05) is 77.8 Å². The maximum Gasteiger partial charge on any atom is 0.264 e. The number of carbonyl (C=O) groups excluding carboxylic acids is 2. The largest absolute Gasteiger partial charge is 0.497 e. The second kappa shape index (κ2) is 15.1. The van der Waals surface area contributed by atoms with E-state index in [4.69, 9.17) is 27.9 Å². The summed E-state index contributed by atoms with van der Waals surface area (Å²) in [4.78, 5) is 29.3. The molecule has 0 fully saturated rings. The Bertz CT molecular complexity index is 1670. The van der Waals surface area contributed by atoms with E-state index in [-0.39, 0.29) is 23.8 Å². The minimum atomic E-state index is -4.22. The molecular formula is C33H33Cl2N3O5S. The van der Waals surface area contributed by atoms with Crippen molar-refractivity contribution in [3.8, 4) is 5.75 Å². The van der Waals surface area contributed by atoms with Gasteiger partial charge in [0.2, 0.25) is 11.8 Å². The highest BCUT2D eigenvalue weighted by atomic mass is 35.5. The highest BCUT2D eigenvalue weighted by molar-refractivity contribution is 7.92. The van der Waals surface area contributed by atoms with E-state index in [0.29, 0.717) is 33.6 Å². The summed E-state index contributed by atoms with van der Waals surface area (Å²) in [5.74, 6) is -0.480. The molecule has 8 nitrogen and oxygen atoms in total. The molecule has 1 atom stereocenters. The summed E-state index contributed by atoms with van der Waals surface area (Å²) in [6.45, 7) is 1.50. The topological polar surface area (TPSA) is 96.0 Å². The van der Waals surface area contributed by atoms with E-state index in [1.54, 1.807) is 55.5 Å². The van der Waals surface area contributed by atoms with Crippen LogP contribution in [0.2, 0.25) is 10.0 Å². The Morgan fingerprint density at radius 3 is 2.11 bits per heavy atom. The maximum atomic E-state index is 14.4. The van der Waals surface area contributed by atoms with Crippen LogP contribution in [0.1, 0.15) is 18.1 Å². The molecule has 0 aliphatic carbocycles. The molecule has 0 aromatic heterocycles. The number of hydrogen-bond donors (Lipinski definition) is 1. The summed E-state index contributed by atoms with van der Waals surface area (Å²) < 4.78 is 34.3. The van der Waals surface area contributed by atoms with Gasteiger partial charge < -0.3 is 15.0 Å². The van der Waals surface area contributed by atoms with Crippen molar-refractivity contribution in [1.82, 2.24) is 10.2 Å². The van der Waals surface area contributed by atoms with Crippen LogP contribution >= 0.6 is 23.2 Å². The van der Waals surface area contributed by atoms with Gasteiger partial charge in [0.05, 0.1) is 17.7 Å². The van der Waals surface area contributed by atoms with E-state index < -0.39 is 28.5 Å². The maximum absolute atomic E-state index is 14.4. The fraction of sp³-hybridized carbons (Fsp3) is 0.212. The highest BCUT2D eigenvalue weighted by Crippen LogP contribution is 2.28. The Morgan fingerprint density at radius 2 is 1.52 bits per heavy atom. The van der Waals surface area contributed by atoms with E-state index in [2.05, 4.69) is 5.32 Å². The molecule has 0 saturated heterocycles. The quantitative estimate of drug-likeness (QED) is 0.192. The number of hydrogen-bond acceptors (Lipinski definition) is 5. The summed E-state index contributed by atoms with van der Waals surface area (Å²) in [5.41, 5.74) is 1.67. The second-order valence-corrected chi connectivity index (χ2v) is 12.6. The predicted molar refractivity (Wildman–Crippen MR) is 174 cm³/mol. The molecule has 0 radical (unpaired) electrons. The van der Waals surface area contributed by atoms with Crippen LogP contribution in [0.4, 0.5) is 5.69 Å². The lowest BCUT2D eigenvalue weighted by Crippen LogP contribution is -2.53. The number of methoxy groups -OCH3 is 1. The van der Waals surface area contributed by atoms with Crippen LogP contribution in [0.3, 0.4) is 0 Å². The van der Waals surface area contributed by atoms with Gasteiger partial charge in [-0.3, -0.25) is 13.9 Å². The van der Waals surface area contributed by atoms with Gasteiger partial charge in [-0.25, -0.2) is 8.42 Å². The monoisotopic (exact) mass is 653 g/mol. The average Bonchev–Trinajstić information content (AvgIpc) is 3.03. The SMILES string of the molecule is CCNC(=O)[C@@H](Cc1ccccc1)N(Cc1ccc(Cl)cc1Cl)C(=O)CN(c1ccccc1)S(=O)(=O)c1ccc(OC)cc1. The zero-order valence-corrected chi connectivity index (χ0v) is 26.6. The molecule has 11 heteroatoms. The number of ether oxygens (including phenoxy) is 1. The molecule has 0 bridgehead atoms. The molecule has 44 heavy (non-hydrogen) atoms. The van der Waals surface area contributed by atoms with Crippen molar-refractivity contribution in [2.45, 2.75) is 30.8 Å². The van der Waals surface area contributed by atoms with Gasteiger partial charge in [-0.05, 0) is 66.6 Å². The van der Waals surface area contributed by atoms with Crippen LogP contribution in [0.15, 0.2) is 108 Å². The normalized spacial score (nSPS) is 11.8. The van der Waals surface area contributed by atoms with Crippen LogP contribution in [0.5, 0.6) is 5.75 Å². The number of carbonyl (C=O) groups is 2. The predicted octanol–water partition coefficient (Wildman–Crippen LogP) is 5.97. The molecule has 4 aromatic rings. The Kier molecular flexibility index (Phi) is 11.3. The summed E-state index contributed by atoms with van der Waals surface area (Å²) in [6.07, 6.45) is 0.195. The van der Waals surface area contributed by atoms with Crippen molar-refractivity contribution < 1.29 is 22.7 Å². The number of sulfonamides is 1. The number of amides is 2. The minimum absolute atomic E-state index is 0.0215. The van der Waals surface area contributed by atoms with Crippen molar-refractivity contribution in [1.29, 1.82) is 0 Å². The molecule has 4 aromatic carbocycles. The molecule has 4 rings (SSSR count). The first-order valence-electron chi connectivity index (χ1n) is 13.9. The fourth-order valence-corrected chi connectivity index (χ4v) is 6.56. The first-order chi connectivity index (χ1) is 21.1. The number of nitrogens with one attached hydrogen (secondary N) is 1. The number of para-hydroxylation sites is 1. The van der Waals surface area contributed by atoms with Gasteiger partial charge in [0.1, 0.15) is 18.3 Å². The lowest BCUT2D eigenvalue weighted by molar-refractivity contribution is -0.140. The standard InChI is InChI=1S/C33H33Cl2N3O5S/c1-3-36-33(40)31(20-24-10-6-4-7-11-24)37(22-25-14-15-26(34)21-30(25)35)32(39)23-38(27-12-8-5-9-13-27)44(41,42)29-18-16-28(43-2)17-19-29/h4-19,21,31H,3,20,22-23H2,1-2H3,(H,36,40)/t31-/m1/s1. The van der Waals surface area contributed by atoms with Gasteiger partial charge in [-0.2, -0.15) is 0 Å². The Balaban J connectivity index is 1.79. The third kappa shape index (κ3) is 8.11. The first kappa shape index (κ1) is 32.9. The van der Waals surface area contributed by atoms with Gasteiger partial charge in [0.25, 0.3) is 10.0 Å². The Labute approximate surface area is 268 Å². The van der Waals surface area contributed by atoms with Crippen molar-refractivity contribution in [2.75, 3.05) is 24.5 Å². The van der Waals surface area contributed by atoms with E-state index in [0.717, 1.165) is 9.87 Å². The Hall–Kier alpha value is -4.05. The molecule has 0 aliphatic heterocycles. The van der Waals surface area contributed by atoms with Crippen molar-refractivity contribution in [3.05, 3.63) is 124 Å². The van der Waals surface area contributed by atoms with E-state index in [9.17, 15) is 18.0 Å². The lowest BCUT2D eigenvalue weighted by Gasteiger charge is -2.34. The molecule has 0 heterocycles.